The van der Waals surface area contributed by atoms with Gasteiger partial charge in [0, 0.05) is 18.9 Å². The smallest absolute Gasteiger partial charge is 0.237 e. The Balaban J connectivity index is 2.41. The van der Waals surface area contributed by atoms with Crippen LogP contribution in [0.4, 0.5) is 0 Å². The summed E-state index contributed by atoms with van der Waals surface area (Å²) in [6.45, 7) is 4.49. The number of rotatable bonds is 5. The van der Waals surface area contributed by atoms with Crippen LogP contribution in [0.5, 0.6) is 0 Å². The van der Waals surface area contributed by atoms with Crippen molar-refractivity contribution in [1.29, 1.82) is 0 Å². The minimum absolute atomic E-state index is 0.0989. The summed E-state index contributed by atoms with van der Waals surface area (Å²) >= 11 is 0. The third-order valence-corrected chi connectivity index (χ3v) is 2.75. The first-order chi connectivity index (χ1) is 7.65. The van der Waals surface area contributed by atoms with Gasteiger partial charge in [0.05, 0.1) is 6.04 Å². The van der Waals surface area contributed by atoms with Gasteiger partial charge in [-0.2, -0.15) is 0 Å². The lowest BCUT2D eigenvalue weighted by atomic mass is 9.99. The Hall–Kier alpha value is -1.42. The molecule has 1 aromatic heterocycles. The molecule has 16 heavy (non-hydrogen) atoms. The molecule has 4 heteroatoms. The minimum atomic E-state index is -0.429. The molecule has 0 aromatic carbocycles. The molecule has 0 aliphatic rings. The number of nitrogens with one attached hydrogen (secondary N) is 1. The van der Waals surface area contributed by atoms with E-state index in [4.69, 9.17) is 5.73 Å². The van der Waals surface area contributed by atoms with Crippen LogP contribution in [0.3, 0.4) is 0 Å². The van der Waals surface area contributed by atoms with Gasteiger partial charge >= 0.3 is 0 Å². The number of pyridine rings is 1. The Labute approximate surface area is 96.3 Å². The first-order valence-electron chi connectivity index (χ1n) is 5.57. The van der Waals surface area contributed by atoms with Gasteiger partial charge in [0.25, 0.3) is 0 Å². The van der Waals surface area contributed by atoms with Gasteiger partial charge in [0.15, 0.2) is 0 Å². The van der Waals surface area contributed by atoms with Crippen LogP contribution in [-0.4, -0.2) is 16.9 Å². The molecule has 0 saturated carbocycles. The molecular weight excluding hydrogens is 202 g/mol. The van der Waals surface area contributed by atoms with Crippen LogP contribution in [0.15, 0.2) is 24.5 Å². The molecule has 0 bridgehead atoms. The van der Waals surface area contributed by atoms with E-state index in [1.54, 1.807) is 12.4 Å². The zero-order valence-corrected chi connectivity index (χ0v) is 9.81. The normalized spacial score (nSPS) is 14.2. The van der Waals surface area contributed by atoms with Crippen LogP contribution in [0.1, 0.15) is 25.8 Å². The van der Waals surface area contributed by atoms with E-state index in [0.717, 1.165) is 12.0 Å². The molecule has 1 unspecified atom stereocenters. The summed E-state index contributed by atoms with van der Waals surface area (Å²) < 4.78 is 0. The van der Waals surface area contributed by atoms with E-state index < -0.39 is 6.04 Å². The maximum absolute atomic E-state index is 11.7. The second-order valence-corrected chi connectivity index (χ2v) is 3.99. The molecule has 2 atom stereocenters. The molecule has 0 fully saturated rings. The molecule has 1 rings (SSSR count). The number of hydrogen-bond donors (Lipinski definition) is 2. The maximum atomic E-state index is 11.7. The van der Waals surface area contributed by atoms with Crippen LogP contribution < -0.4 is 11.1 Å². The lowest BCUT2D eigenvalue weighted by Gasteiger charge is -2.17. The minimum Gasteiger partial charge on any atom is -0.351 e. The third-order valence-electron chi connectivity index (χ3n) is 2.75. The second kappa shape index (κ2) is 6.23. The van der Waals surface area contributed by atoms with Crippen molar-refractivity contribution in [1.82, 2.24) is 10.3 Å². The Morgan fingerprint density at radius 3 is 2.94 bits per heavy atom. The van der Waals surface area contributed by atoms with Crippen molar-refractivity contribution in [3.63, 3.8) is 0 Å². The highest BCUT2D eigenvalue weighted by atomic mass is 16.2. The summed E-state index contributed by atoms with van der Waals surface area (Å²) in [6, 6.07) is 3.33. The molecule has 3 N–H and O–H groups in total. The molecule has 1 aromatic rings. The van der Waals surface area contributed by atoms with Gasteiger partial charge in [-0.05, 0) is 17.5 Å². The van der Waals surface area contributed by atoms with Crippen LogP contribution in [0.25, 0.3) is 0 Å². The van der Waals surface area contributed by atoms with Gasteiger partial charge in [-0.25, -0.2) is 0 Å². The number of hydrogen-bond acceptors (Lipinski definition) is 3. The van der Waals surface area contributed by atoms with Crippen LogP contribution in [0, 0.1) is 5.92 Å². The second-order valence-electron chi connectivity index (χ2n) is 3.99. The quantitative estimate of drug-likeness (QED) is 0.781. The fourth-order valence-corrected chi connectivity index (χ4v) is 1.32. The molecule has 1 heterocycles. The Morgan fingerprint density at radius 2 is 2.38 bits per heavy atom. The lowest BCUT2D eigenvalue weighted by molar-refractivity contribution is -0.123. The van der Waals surface area contributed by atoms with Crippen LogP contribution in [-0.2, 0) is 11.3 Å². The van der Waals surface area contributed by atoms with Crippen molar-refractivity contribution in [2.75, 3.05) is 0 Å². The fraction of sp³-hybridized carbons (Fsp3) is 0.500. The van der Waals surface area contributed by atoms with E-state index >= 15 is 0 Å². The SMILES string of the molecule is CCC(C)[C@H](N)C(=O)NCc1cccnc1. The predicted octanol–water partition coefficient (Wildman–Crippen LogP) is 1.07. The van der Waals surface area contributed by atoms with Gasteiger partial charge in [0.2, 0.25) is 5.91 Å². The summed E-state index contributed by atoms with van der Waals surface area (Å²) in [4.78, 5) is 15.6. The van der Waals surface area contributed by atoms with E-state index in [1.807, 2.05) is 26.0 Å². The molecule has 4 nitrogen and oxygen atoms in total. The van der Waals surface area contributed by atoms with Gasteiger partial charge < -0.3 is 11.1 Å². The number of nitrogens with two attached hydrogens (primary N) is 1. The van der Waals surface area contributed by atoms with E-state index in [1.165, 1.54) is 0 Å². The zero-order chi connectivity index (χ0) is 12.0. The number of nitrogens with zero attached hydrogens (tertiary/aromatic N) is 1. The van der Waals surface area contributed by atoms with Crippen molar-refractivity contribution in [2.24, 2.45) is 11.7 Å². The van der Waals surface area contributed by atoms with Gasteiger partial charge in [0.1, 0.15) is 0 Å². The van der Waals surface area contributed by atoms with E-state index in [2.05, 4.69) is 10.3 Å². The highest BCUT2D eigenvalue weighted by molar-refractivity contribution is 5.81. The average molecular weight is 221 g/mol. The van der Waals surface area contributed by atoms with Gasteiger partial charge in [-0.3, -0.25) is 9.78 Å². The largest absolute Gasteiger partial charge is 0.351 e. The Kier molecular flexibility index (Phi) is 4.92. The summed E-state index contributed by atoms with van der Waals surface area (Å²) in [5, 5.41) is 2.81. The average Bonchev–Trinajstić information content (AvgIpc) is 2.35. The van der Waals surface area contributed by atoms with Crippen molar-refractivity contribution in [2.45, 2.75) is 32.9 Å². The first-order valence-corrected chi connectivity index (χ1v) is 5.57. The predicted molar refractivity (Wildman–Crippen MR) is 63.5 cm³/mol. The zero-order valence-electron chi connectivity index (χ0n) is 9.81. The number of carbonyl (C=O) groups excluding carboxylic acids is 1. The number of aromatic nitrogens is 1. The molecule has 0 aliphatic heterocycles. The summed E-state index contributed by atoms with van der Waals surface area (Å²) in [5.41, 5.74) is 6.79. The van der Waals surface area contributed by atoms with Crippen molar-refractivity contribution in [3.05, 3.63) is 30.1 Å². The third kappa shape index (κ3) is 3.62. The van der Waals surface area contributed by atoms with Crippen LogP contribution >= 0.6 is 0 Å². The molecule has 0 aliphatic carbocycles. The standard InChI is InChI=1S/C12H19N3O/c1-3-9(2)11(13)12(16)15-8-10-5-4-6-14-7-10/h4-7,9,11H,3,8,13H2,1-2H3,(H,15,16)/t9?,11-/m0/s1. The van der Waals surface area contributed by atoms with Crippen molar-refractivity contribution in [3.8, 4) is 0 Å². The number of amides is 1. The molecule has 0 radical (unpaired) electrons. The molecule has 1 amide bonds. The molecule has 88 valence electrons. The van der Waals surface area contributed by atoms with Crippen molar-refractivity contribution >= 4 is 5.91 Å². The van der Waals surface area contributed by atoms with Crippen LogP contribution in [0.2, 0.25) is 0 Å². The van der Waals surface area contributed by atoms with Crippen molar-refractivity contribution < 1.29 is 4.79 Å². The first kappa shape index (κ1) is 12.6. The highest BCUT2D eigenvalue weighted by Crippen LogP contribution is 2.05. The van der Waals surface area contributed by atoms with Gasteiger partial charge in [-0.15, -0.1) is 0 Å². The molecule has 0 saturated heterocycles. The lowest BCUT2D eigenvalue weighted by Crippen LogP contribution is -2.44. The Morgan fingerprint density at radius 1 is 1.62 bits per heavy atom. The van der Waals surface area contributed by atoms with E-state index in [-0.39, 0.29) is 11.8 Å². The number of carbonyl (C=O) groups is 1. The molecule has 0 spiro atoms. The fourth-order valence-electron chi connectivity index (χ4n) is 1.32. The molecular formula is C12H19N3O. The summed E-state index contributed by atoms with van der Waals surface area (Å²) in [6.07, 6.45) is 4.34. The van der Waals surface area contributed by atoms with E-state index in [9.17, 15) is 4.79 Å². The highest BCUT2D eigenvalue weighted by Gasteiger charge is 2.18. The van der Waals surface area contributed by atoms with E-state index in [0.29, 0.717) is 6.54 Å². The monoisotopic (exact) mass is 221 g/mol. The Bertz CT molecular complexity index is 326. The summed E-state index contributed by atoms with van der Waals surface area (Å²) in [7, 11) is 0. The topological polar surface area (TPSA) is 68.0 Å². The van der Waals surface area contributed by atoms with Gasteiger partial charge in [-0.1, -0.05) is 26.3 Å². The maximum Gasteiger partial charge on any atom is 0.237 e. The summed E-state index contributed by atoms with van der Waals surface area (Å²) in [5.74, 6) is 0.104.